The van der Waals surface area contributed by atoms with Gasteiger partial charge < -0.3 is 10.6 Å². The van der Waals surface area contributed by atoms with Gasteiger partial charge in [0.2, 0.25) is 0 Å². The summed E-state index contributed by atoms with van der Waals surface area (Å²) >= 11 is 0. The van der Waals surface area contributed by atoms with Gasteiger partial charge >= 0.3 is 0 Å². The van der Waals surface area contributed by atoms with Crippen molar-refractivity contribution in [3.63, 3.8) is 0 Å². The van der Waals surface area contributed by atoms with Crippen LogP contribution in [-0.2, 0) is 0 Å². The van der Waals surface area contributed by atoms with Crippen molar-refractivity contribution in [3.05, 3.63) is 0 Å². The van der Waals surface area contributed by atoms with Crippen LogP contribution in [0.5, 0.6) is 0 Å². The van der Waals surface area contributed by atoms with Crippen molar-refractivity contribution in [2.75, 3.05) is 20.1 Å². The van der Waals surface area contributed by atoms with Gasteiger partial charge in [0.1, 0.15) is 0 Å². The predicted molar refractivity (Wildman–Crippen MR) is 37.1 cm³/mol. The standard InChI is InChI=1S/C7H14N2/c1-9-3-2-7(5-9)4-6(7)8/h6H,2-5,8H2,1H3/t6-,7?/m1/s1. The number of hydrogen-bond donors (Lipinski definition) is 1. The fraction of sp³-hybridized carbons (Fsp3) is 1.00. The van der Waals surface area contributed by atoms with Gasteiger partial charge in [-0.25, -0.2) is 0 Å². The highest BCUT2D eigenvalue weighted by atomic mass is 15.2. The van der Waals surface area contributed by atoms with Crippen LogP contribution < -0.4 is 5.73 Å². The quantitative estimate of drug-likeness (QED) is 0.496. The van der Waals surface area contributed by atoms with E-state index in [2.05, 4.69) is 11.9 Å². The fourth-order valence-corrected chi connectivity index (χ4v) is 1.96. The van der Waals surface area contributed by atoms with Gasteiger partial charge in [-0.1, -0.05) is 0 Å². The van der Waals surface area contributed by atoms with E-state index in [1.807, 2.05) is 0 Å². The van der Waals surface area contributed by atoms with Crippen LogP contribution in [-0.4, -0.2) is 31.1 Å². The van der Waals surface area contributed by atoms with Crippen LogP contribution in [0.15, 0.2) is 0 Å². The van der Waals surface area contributed by atoms with E-state index in [4.69, 9.17) is 5.73 Å². The van der Waals surface area contributed by atoms with Crippen LogP contribution in [0.1, 0.15) is 12.8 Å². The Hall–Kier alpha value is -0.0800. The van der Waals surface area contributed by atoms with Crippen molar-refractivity contribution in [1.29, 1.82) is 0 Å². The average molecular weight is 126 g/mol. The SMILES string of the molecule is CN1CCC2(C[C@H]2N)C1. The van der Waals surface area contributed by atoms with Crippen LogP contribution >= 0.6 is 0 Å². The molecule has 2 atom stereocenters. The first-order valence-electron chi connectivity index (χ1n) is 3.67. The first-order chi connectivity index (χ1) is 4.23. The van der Waals surface area contributed by atoms with Gasteiger partial charge in [0.15, 0.2) is 0 Å². The van der Waals surface area contributed by atoms with E-state index in [1.54, 1.807) is 0 Å². The van der Waals surface area contributed by atoms with Crippen molar-refractivity contribution in [3.8, 4) is 0 Å². The molecule has 0 bridgehead atoms. The van der Waals surface area contributed by atoms with Gasteiger partial charge in [-0.05, 0) is 26.4 Å². The van der Waals surface area contributed by atoms with Gasteiger partial charge in [0.25, 0.3) is 0 Å². The smallest absolute Gasteiger partial charge is 0.0115 e. The van der Waals surface area contributed by atoms with E-state index in [0.717, 1.165) is 0 Å². The summed E-state index contributed by atoms with van der Waals surface area (Å²) in [5.74, 6) is 0. The third-order valence-corrected chi connectivity index (χ3v) is 2.83. The van der Waals surface area contributed by atoms with Crippen LogP contribution in [0.4, 0.5) is 0 Å². The predicted octanol–water partition coefficient (Wildman–Crippen LogP) is 0.0393. The second-order valence-corrected chi connectivity index (χ2v) is 3.66. The van der Waals surface area contributed by atoms with Crippen LogP contribution in [0.2, 0.25) is 0 Å². The zero-order valence-corrected chi connectivity index (χ0v) is 5.93. The minimum absolute atomic E-state index is 0.530. The maximum absolute atomic E-state index is 5.80. The Morgan fingerprint density at radius 3 is 2.56 bits per heavy atom. The molecule has 0 radical (unpaired) electrons. The topological polar surface area (TPSA) is 29.3 Å². The molecule has 2 N–H and O–H groups in total. The Balaban J connectivity index is 2.03. The molecule has 1 aliphatic heterocycles. The Labute approximate surface area is 56.0 Å². The summed E-state index contributed by atoms with van der Waals surface area (Å²) in [6, 6.07) is 0.530. The van der Waals surface area contributed by atoms with Gasteiger partial charge in [0, 0.05) is 18.0 Å². The lowest BCUT2D eigenvalue weighted by Crippen LogP contribution is -2.19. The first kappa shape index (κ1) is 5.69. The summed E-state index contributed by atoms with van der Waals surface area (Å²) in [7, 11) is 2.18. The summed E-state index contributed by atoms with van der Waals surface area (Å²) in [6.45, 7) is 2.50. The van der Waals surface area contributed by atoms with Gasteiger partial charge in [-0.3, -0.25) is 0 Å². The molecule has 2 aliphatic rings. The third-order valence-electron chi connectivity index (χ3n) is 2.83. The van der Waals surface area contributed by atoms with Crippen molar-refractivity contribution in [1.82, 2.24) is 4.90 Å². The molecule has 1 heterocycles. The molecular weight excluding hydrogens is 112 g/mol. The molecule has 9 heavy (non-hydrogen) atoms. The molecule has 1 unspecified atom stereocenters. The summed E-state index contributed by atoms with van der Waals surface area (Å²) in [5.41, 5.74) is 6.38. The summed E-state index contributed by atoms with van der Waals surface area (Å²) < 4.78 is 0. The number of hydrogen-bond acceptors (Lipinski definition) is 2. The van der Waals surface area contributed by atoms with E-state index < -0.39 is 0 Å². The minimum atomic E-state index is 0.530. The number of nitrogens with zero attached hydrogens (tertiary/aromatic N) is 1. The van der Waals surface area contributed by atoms with Crippen molar-refractivity contribution in [2.24, 2.45) is 11.1 Å². The van der Waals surface area contributed by atoms with Gasteiger partial charge in [-0.15, -0.1) is 0 Å². The zero-order valence-electron chi connectivity index (χ0n) is 5.93. The lowest BCUT2D eigenvalue weighted by atomic mass is 10.1. The Kier molecular flexibility index (Phi) is 0.945. The molecular formula is C7H14N2. The first-order valence-corrected chi connectivity index (χ1v) is 3.67. The fourth-order valence-electron chi connectivity index (χ4n) is 1.96. The monoisotopic (exact) mass is 126 g/mol. The lowest BCUT2D eigenvalue weighted by Gasteiger charge is -2.06. The molecule has 0 aromatic heterocycles. The second kappa shape index (κ2) is 1.50. The van der Waals surface area contributed by atoms with E-state index in [1.165, 1.54) is 25.9 Å². The Bertz CT molecular complexity index is 133. The molecule has 0 aromatic rings. The molecule has 2 fully saturated rings. The normalized spacial score (nSPS) is 50.7. The molecule has 0 amide bonds. The van der Waals surface area contributed by atoms with Crippen LogP contribution in [0.3, 0.4) is 0 Å². The molecule has 1 spiro atoms. The largest absolute Gasteiger partial charge is 0.327 e. The molecule has 1 saturated carbocycles. The van der Waals surface area contributed by atoms with Gasteiger partial charge in [0.05, 0.1) is 0 Å². The second-order valence-electron chi connectivity index (χ2n) is 3.66. The third kappa shape index (κ3) is 0.700. The molecule has 1 saturated heterocycles. The maximum Gasteiger partial charge on any atom is 0.0115 e. The van der Waals surface area contributed by atoms with E-state index >= 15 is 0 Å². The van der Waals surface area contributed by atoms with E-state index in [0.29, 0.717) is 11.5 Å². The van der Waals surface area contributed by atoms with E-state index in [9.17, 15) is 0 Å². The van der Waals surface area contributed by atoms with Crippen molar-refractivity contribution >= 4 is 0 Å². The Morgan fingerprint density at radius 2 is 2.33 bits per heavy atom. The highest BCUT2D eigenvalue weighted by Gasteiger charge is 2.54. The molecule has 2 nitrogen and oxygen atoms in total. The maximum atomic E-state index is 5.80. The number of nitrogens with two attached hydrogens (primary N) is 1. The van der Waals surface area contributed by atoms with Crippen molar-refractivity contribution < 1.29 is 0 Å². The summed E-state index contributed by atoms with van der Waals surface area (Å²) in [4.78, 5) is 2.38. The van der Waals surface area contributed by atoms with Crippen LogP contribution in [0, 0.1) is 5.41 Å². The highest BCUT2D eigenvalue weighted by Crippen LogP contribution is 2.50. The number of rotatable bonds is 0. The van der Waals surface area contributed by atoms with Crippen molar-refractivity contribution in [2.45, 2.75) is 18.9 Å². The zero-order chi connectivity index (χ0) is 6.48. The van der Waals surface area contributed by atoms with Crippen LogP contribution in [0.25, 0.3) is 0 Å². The highest BCUT2D eigenvalue weighted by molar-refractivity contribution is 5.10. The summed E-state index contributed by atoms with van der Waals surface area (Å²) in [6.07, 6.45) is 2.61. The summed E-state index contributed by atoms with van der Waals surface area (Å²) in [5, 5.41) is 0. The average Bonchev–Trinajstić information content (AvgIpc) is 2.17. The molecule has 2 rings (SSSR count). The Morgan fingerprint density at radius 1 is 1.67 bits per heavy atom. The molecule has 1 aliphatic carbocycles. The lowest BCUT2D eigenvalue weighted by molar-refractivity contribution is 0.385. The molecule has 52 valence electrons. The minimum Gasteiger partial charge on any atom is -0.327 e. The number of likely N-dealkylation sites (tertiary alicyclic amines) is 1. The molecule has 0 aromatic carbocycles. The molecule has 2 heteroatoms. The van der Waals surface area contributed by atoms with E-state index in [-0.39, 0.29) is 0 Å². The van der Waals surface area contributed by atoms with Gasteiger partial charge in [-0.2, -0.15) is 0 Å².